The van der Waals surface area contributed by atoms with Crippen LogP contribution in [0.5, 0.6) is 0 Å². The van der Waals surface area contributed by atoms with Gasteiger partial charge >= 0.3 is 0 Å². The first-order chi connectivity index (χ1) is 10.2. The zero-order chi connectivity index (χ0) is 15.1. The molecular formula is C18H19BrFN. The van der Waals surface area contributed by atoms with Crippen LogP contribution in [-0.4, -0.2) is 6.54 Å². The maximum absolute atomic E-state index is 13.7. The van der Waals surface area contributed by atoms with Crippen molar-refractivity contribution in [2.75, 3.05) is 11.9 Å². The molecule has 2 aromatic carbocycles. The van der Waals surface area contributed by atoms with Gasteiger partial charge in [-0.15, -0.1) is 0 Å². The van der Waals surface area contributed by atoms with Crippen LogP contribution in [0.25, 0.3) is 12.2 Å². The minimum absolute atomic E-state index is 0.224. The summed E-state index contributed by atoms with van der Waals surface area (Å²) in [6.07, 6.45) is 6.07. The van der Waals surface area contributed by atoms with Crippen LogP contribution in [0, 0.1) is 5.82 Å². The number of anilines is 1. The second-order valence-electron chi connectivity index (χ2n) is 4.90. The fourth-order valence-electron chi connectivity index (χ4n) is 1.94. The first-order valence-electron chi connectivity index (χ1n) is 7.16. The summed E-state index contributed by atoms with van der Waals surface area (Å²) in [5.74, 6) is -0.224. The molecule has 0 aliphatic carbocycles. The van der Waals surface area contributed by atoms with E-state index < -0.39 is 0 Å². The van der Waals surface area contributed by atoms with Crippen molar-refractivity contribution < 1.29 is 4.39 Å². The summed E-state index contributed by atoms with van der Waals surface area (Å²) in [6.45, 7) is 3.17. The van der Waals surface area contributed by atoms with E-state index in [2.05, 4.69) is 28.2 Å². The Morgan fingerprint density at radius 2 is 1.86 bits per heavy atom. The molecule has 0 bridgehead atoms. The van der Waals surface area contributed by atoms with E-state index in [9.17, 15) is 4.39 Å². The lowest BCUT2D eigenvalue weighted by molar-refractivity contribution is 0.624. The van der Waals surface area contributed by atoms with E-state index in [0.717, 1.165) is 22.3 Å². The van der Waals surface area contributed by atoms with Gasteiger partial charge in [-0.2, -0.15) is 0 Å². The van der Waals surface area contributed by atoms with Crippen LogP contribution < -0.4 is 5.32 Å². The highest BCUT2D eigenvalue weighted by Gasteiger charge is 1.99. The molecule has 0 amide bonds. The molecule has 0 atom stereocenters. The van der Waals surface area contributed by atoms with Crippen molar-refractivity contribution in [1.82, 2.24) is 0 Å². The Morgan fingerprint density at radius 3 is 2.52 bits per heavy atom. The fraction of sp³-hybridized carbons (Fsp3) is 0.222. The SMILES string of the molecule is CCCCNc1ccc(/C=C/c2ccc(Br)cc2F)cc1. The van der Waals surface area contributed by atoms with E-state index in [0.29, 0.717) is 5.56 Å². The summed E-state index contributed by atoms with van der Waals surface area (Å²) < 4.78 is 14.4. The molecule has 3 heteroatoms. The fourth-order valence-corrected chi connectivity index (χ4v) is 2.28. The number of hydrogen-bond donors (Lipinski definition) is 1. The summed E-state index contributed by atoms with van der Waals surface area (Å²) in [7, 11) is 0. The van der Waals surface area contributed by atoms with E-state index in [1.54, 1.807) is 12.1 Å². The standard InChI is InChI=1S/C18H19BrFN/c1-2-3-12-21-17-10-5-14(6-11-17)4-7-15-8-9-16(19)13-18(15)20/h4-11,13,21H,2-3,12H2,1H3/b7-4+. The van der Waals surface area contributed by atoms with Crippen LogP contribution in [0.3, 0.4) is 0 Å². The predicted molar refractivity (Wildman–Crippen MR) is 92.9 cm³/mol. The molecule has 0 unspecified atom stereocenters. The number of unbranched alkanes of at least 4 members (excludes halogenated alkanes) is 1. The largest absolute Gasteiger partial charge is 0.385 e. The topological polar surface area (TPSA) is 12.0 Å². The Kier molecular flexibility index (Phi) is 6.00. The minimum atomic E-state index is -0.224. The Labute approximate surface area is 134 Å². The monoisotopic (exact) mass is 347 g/mol. The minimum Gasteiger partial charge on any atom is -0.385 e. The second kappa shape index (κ2) is 7.99. The summed E-state index contributed by atoms with van der Waals surface area (Å²) in [5.41, 5.74) is 2.76. The number of rotatable bonds is 6. The molecule has 1 N–H and O–H groups in total. The van der Waals surface area contributed by atoms with Gasteiger partial charge in [-0.05, 0) is 36.2 Å². The van der Waals surface area contributed by atoms with Gasteiger partial charge < -0.3 is 5.32 Å². The summed E-state index contributed by atoms with van der Waals surface area (Å²) in [6, 6.07) is 13.2. The van der Waals surface area contributed by atoms with Gasteiger partial charge in [0, 0.05) is 22.3 Å². The van der Waals surface area contributed by atoms with E-state index in [1.165, 1.54) is 18.9 Å². The summed E-state index contributed by atoms with van der Waals surface area (Å²) in [5, 5.41) is 3.37. The molecule has 1 nitrogen and oxygen atoms in total. The van der Waals surface area contributed by atoms with Crippen LogP contribution >= 0.6 is 15.9 Å². The van der Waals surface area contributed by atoms with E-state index in [4.69, 9.17) is 0 Å². The van der Waals surface area contributed by atoms with Crippen molar-refractivity contribution in [3.63, 3.8) is 0 Å². The number of benzene rings is 2. The van der Waals surface area contributed by atoms with Gasteiger partial charge in [0.2, 0.25) is 0 Å². The molecule has 0 heterocycles. The van der Waals surface area contributed by atoms with Gasteiger partial charge in [-0.3, -0.25) is 0 Å². The van der Waals surface area contributed by atoms with E-state index >= 15 is 0 Å². The Hall–Kier alpha value is -1.61. The van der Waals surface area contributed by atoms with Crippen LogP contribution in [-0.2, 0) is 0 Å². The molecule has 110 valence electrons. The lowest BCUT2D eigenvalue weighted by atomic mass is 10.1. The molecular weight excluding hydrogens is 329 g/mol. The molecule has 0 spiro atoms. The highest BCUT2D eigenvalue weighted by Crippen LogP contribution is 2.18. The van der Waals surface area contributed by atoms with Crippen molar-refractivity contribution >= 4 is 33.8 Å². The maximum atomic E-state index is 13.7. The molecule has 2 rings (SSSR count). The average molecular weight is 348 g/mol. The van der Waals surface area contributed by atoms with Gasteiger partial charge in [0.25, 0.3) is 0 Å². The zero-order valence-electron chi connectivity index (χ0n) is 12.1. The van der Waals surface area contributed by atoms with Crippen molar-refractivity contribution in [3.05, 3.63) is 63.9 Å². The zero-order valence-corrected chi connectivity index (χ0v) is 13.7. The van der Waals surface area contributed by atoms with Gasteiger partial charge in [-0.25, -0.2) is 4.39 Å². The molecule has 0 aliphatic rings. The van der Waals surface area contributed by atoms with E-state index in [-0.39, 0.29) is 5.82 Å². The van der Waals surface area contributed by atoms with Gasteiger partial charge in [-0.1, -0.05) is 59.6 Å². The first-order valence-corrected chi connectivity index (χ1v) is 7.95. The third kappa shape index (κ3) is 5.01. The average Bonchev–Trinajstić information content (AvgIpc) is 2.48. The number of hydrogen-bond acceptors (Lipinski definition) is 1. The van der Waals surface area contributed by atoms with Crippen LogP contribution in [0.15, 0.2) is 46.9 Å². The van der Waals surface area contributed by atoms with Crippen LogP contribution in [0.4, 0.5) is 10.1 Å². The van der Waals surface area contributed by atoms with Crippen molar-refractivity contribution in [2.24, 2.45) is 0 Å². The lowest BCUT2D eigenvalue weighted by Gasteiger charge is -2.05. The summed E-state index contributed by atoms with van der Waals surface area (Å²) >= 11 is 3.25. The van der Waals surface area contributed by atoms with Crippen molar-refractivity contribution in [3.8, 4) is 0 Å². The molecule has 2 aromatic rings. The Bertz CT molecular complexity index is 605. The summed E-state index contributed by atoms with van der Waals surface area (Å²) in [4.78, 5) is 0. The van der Waals surface area contributed by atoms with Gasteiger partial charge in [0.15, 0.2) is 0 Å². The number of nitrogens with one attached hydrogen (secondary N) is 1. The van der Waals surface area contributed by atoms with Gasteiger partial charge in [0.1, 0.15) is 5.82 Å². The highest BCUT2D eigenvalue weighted by molar-refractivity contribution is 9.10. The molecule has 0 radical (unpaired) electrons. The maximum Gasteiger partial charge on any atom is 0.131 e. The van der Waals surface area contributed by atoms with Gasteiger partial charge in [0.05, 0.1) is 0 Å². The quantitative estimate of drug-likeness (QED) is 0.501. The second-order valence-corrected chi connectivity index (χ2v) is 5.82. The Balaban J connectivity index is 2.00. The number of halogens is 2. The molecule has 21 heavy (non-hydrogen) atoms. The molecule has 0 fully saturated rings. The predicted octanol–water partition coefficient (Wildman–Crippen LogP) is 5.97. The Morgan fingerprint density at radius 1 is 1.10 bits per heavy atom. The lowest BCUT2D eigenvalue weighted by Crippen LogP contribution is -2.00. The normalized spacial score (nSPS) is 11.0. The molecule has 0 aromatic heterocycles. The molecule has 0 saturated carbocycles. The molecule has 0 saturated heterocycles. The van der Waals surface area contributed by atoms with Crippen molar-refractivity contribution in [1.29, 1.82) is 0 Å². The van der Waals surface area contributed by atoms with Crippen LogP contribution in [0.1, 0.15) is 30.9 Å². The smallest absolute Gasteiger partial charge is 0.131 e. The molecule has 0 aliphatic heterocycles. The first kappa shape index (κ1) is 15.8. The third-order valence-electron chi connectivity index (χ3n) is 3.19. The van der Waals surface area contributed by atoms with Crippen LogP contribution in [0.2, 0.25) is 0 Å². The highest BCUT2D eigenvalue weighted by atomic mass is 79.9. The third-order valence-corrected chi connectivity index (χ3v) is 3.68. The van der Waals surface area contributed by atoms with Crippen molar-refractivity contribution in [2.45, 2.75) is 19.8 Å². The van der Waals surface area contributed by atoms with E-state index in [1.807, 2.05) is 36.4 Å².